The minimum absolute atomic E-state index is 0.0104. The van der Waals surface area contributed by atoms with Crippen molar-refractivity contribution in [1.82, 2.24) is 5.32 Å². The summed E-state index contributed by atoms with van der Waals surface area (Å²) < 4.78 is 10.8. The summed E-state index contributed by atoms with van der Waals surface area (Å²) in [5.41, 5.74) is 1.39. The number of rotatable bonds is 5. The molecule has 4 heteroatoms. The van der Waals surface area contributed by atoms with E-state index in [4.69, 9.17) is 9.47 Å². The molecule has 0 unspecified atom stereocenters. The summed E-state index contributed by atoms with van der Waals surface area (Å²) in [4.78, 5) is 12.2. The fourth-order valence-electron chi connectivity index (χ4n) is 1.96. The summed E-state index contributed by atoms with van der Waals surface area (Å²) >= 11 is 0. The number of nitrogens with one attached hydrogen (secondary N) is 1. The molecule has 1 aromatic rings. The van der Waals surface area contributed by atoms with Gasteiger partial charge in [0.15, 0.2) is 5.78 Å². The van der Waals surface area contributed by atoms with Crippen LogP contribution in [0, 0.1) is 0 Å². The molecule has 0 aliphatic heterocycles. The van der Waals surface area contributed by atoms with Gasteiger partial charge in [0.25, 0.3) is 0 Å². The molecule has 0 fully saturated rings. The van der Waals surface area contributed by atoms with E-state index >= 15 is 0 Å². The maximum atomic E-state index is 12.2. The molecule has 0 heterocycles. The van der Waals surface area contributed by atoms with Crippen molar-refractivity contribution < 1.29 is 14.3 Å². The van der Waals surface area contributed by atoms with Crippen LogP contribution in [0.5, 0.6) is 11.5 Å². The molecule has 0 aliphatic carbocycles. The van der Waals surface area contributed by atoms with Crippen LogP contribution in [-0.4, -0.2) is 33.6 Å². The molecular weight excluding hydrogens is 242 g/mol. The molecule has 0 atom stereocenters. The van der Waals surface area contributed by atoms with Gasteiger partial charge in [-0.15, -0.1) is 0 Å². The Hall–Kier alpha value is -1.55. The van der Waals surface area contributed by atoms with Crippen LogP contribution in [0.3, 0.4) is 0 Å². The predicted molar refractivity (Wildman–Crippen MR) is 76.5 cm³/mol. The topological polar surface area (TPSA) is 47.6 Å². The van der Waals surface area contributed by atoms with Gasteiger partial charge < -0.3 is 14.8 Å². The lowest BCUT2D eigenvalue weighted by Gasteiger charge is -2.24. The second kappa shape index (κ2) is 6.06. The van der Waals surface area contributed by atoms with E-state index in [1.165, 1.54) is 0 Å². The van der Waals surface area contributed by atoms with E-state index in [1.54, 1.807) is 27.3 Å². The fraction of sp³-hybridized carbons (Fsp3) is 0.533. The van der Waals surface area contributed by atoms with Crippen LogP contribution in [0.25, 0.3) is 0 Å². The second-order valence-electron chi connectivity index (χ2n) is 5.46. The lowest BCUT2D eigenvalue weighted by Crippen LogP contribution is -2.21. The molecule has 0 spiro atoms. The summed E-state index contributed by atoms with van der Waals surface area (Å²) in [6.45, 7) is 6.51. The summed E-state index contributed by atoms with van der Waals surface area (Å²) in [5.74, 6) is 1.29. The first-order chi connectivity index (χ1) is 8.85. The molecule has 0 saturated carbocycles. The maximum absolute atomic E-state index is 12.2. The SMILES string of the molecule is CNCC(=O)c1cc(OC)cc(C(C)(C)C)c1OC. The molecule has 0 radical (unpaired) electrons. The van der Waals surface area contributed by atoms with Crippen LogP contribution in [0.2, 0.25) is 0 Å². The van der Waals surface area contributed by atoms with Crippen molar-refractivity contribution in [3.63, 3.8) is 0 Å². The number of likely N-dealkylation sites (N-methyl/N-ethyl adjacent to an activating group) is 1. The van der Waals surface area contributed by atoms with Crippen molar-refractivity contribution in [2.75, 3.05) is 27.8 Å². The molecule has 1 aromatic carbocycles. The third-order valence-electron chi connectivity index (χ3n) is 2.95. The van der Waals surface area contributed by atoms with E-state index in [-0.39, 0.29) is 17.7 Å². The summed E-state index contributed by atoms with van der Waals surface area (Å²) in [5, 5.41) is 2.87. The van der Waals surface area contributed by atoms with Gasteiger partial charge in [-0.25, -0.2) is 0 Å². The molecule has 0 amide bonds. The number of benzene rings is 1. The van der Waals surface area contributed by atoms with E-state index in [1.807, 2.05) is 6.07 Å². The highest BCUT2D eigenvalue weighted by Gasteiger charge is 2.25. The third kappa shape index (κ3) is 3.47. The minimum atomic E-state index is -0.130. The van der Waals surface area contributed by atoms with E-state index in [0.29, 0.717) is 17.1 Å². The first-order valence-corrected chi connectivity index (χ1v) is 6.29. The molecule has 0 saturated heterocycles. The zero-order valence-electron chi connectivity index (χ0n) is 12.6. The van der Waals surface area contributed by atoms with Gasteiger partial charge in [-0.1, -0.05) is 20.8 Å². The van der Waals surface area contributed by atoms with Crippen LogP contribution in [0.15, 0.2) is 12.1 Å². The Labute approximate surface area is 115 Å². The van der Waals surface area contributed by atoms with Crippen LogP contribution in [0.1, 0.15) is 36.7 Å². The van der Waals surface area contributed by atoms with Crippen LogP contribution in [0.4, 0.5) is 0 Å². The first-order valence-electron chi connectivity index (χ1n) is 6.29. The third-order valence-corrected chi connectivity index (χ3v) is 2.95. The molecule has 0 aromatic heterocycles. The van der Waals surface area contributed by atoms with Gasteiger partial charge in [0.05, 0.1) is 26.3 Å². The van der Waals surface area contributed by atoms with E-state index in [0.717, 1.165) is 5.56 Å². The zero-order chi connectivity index (χ0) is 14.6. The first kappa shape index (κ1) is 15.5. The van der Waals surface area contributed by atoms with Gasteiger partial charge in [0.2, 0.25) is 0 Å². The Morgan fingerprint density at radius 1 is 1.21 bits per heavy atom. The lowest BCUT2D eigenvalue weighted by atomic mass is 9.84. The molecular formula is C15H23NO3. The summed E-state index contributed by atoms with van der Waals surface area (Å²) in [6, 6.07) is 3.66. The van der Waals surface area contributed by atoms with Gasteiger partial charge in [-0.3, -0.25) is 4.79 Å². The minimum Gasteiger partial charge on any atom is -0.497 e. The molecule has 1 rings (SSSR count). The average Bonchev–Trinajstić information content (AvgIpc) is 2.36. The van der Waals surface area contributed by atoms with E-state index < -0.39 is 0 Å². The quantitative estimate of drug-likeness (QED) is 0.831. The molecule has 106 valence electrons. The van der Waals surface area contributed by atoms with Crippen molar-refractivity contribution in [2.45, 2.75) is 26.2 Å². The highest BCUT2D eigenvalue weighted by atomic mass is 16.5. The van der Waals surface area contributed by atoms with Crippen molar-refractivity contribution in [1.29, 1.82) is 0 Å². The monoisotopic (exact) mass is 265 g/mol. The van der Waals surface area contributed by atoms with Crippen molar-refractivity contribution >= 4 is 5.78 Å². The second-order valence-corrected chi connectivity index (χ2v) is 5.46. The standard InChI is InChI=1S/C15H23NO3/c1-15(2,3)12-8-10(18-5)7-11(14(12)19-6)13(17)9-16-4/h7-8,16H,9H2,1-6H3. The van der Waals surface area contributed by atoms with E-state index in [2.05, 4.69) is 26.1 Å². The largest absolute Gasteiger partial charge is 0.497 e. The Balaban J connectivity index is 3.48. The molecule has 1 N–H and O–H groups in total. The van der Waals surface area contributed by atoms with Gasteiger partial charge >= 0.3 is 0 Å². The molecule has 0 bridgehead atoms. The highest BCUT2D eigenvalue weighted by molar-refractivity contribution is 6.01. The van der Waals surface area contributed by atoms with Crippen molar-refractivity contribution in [2.24, 2.45) is 0 Å². The molecule has 0 aliphatic rings. The van der Waals surface area contributed by atoms with Crippen LogP contribution < -0.4 is 14.8 Å². The number of methoxy groups -OCH3 is 2. The van der Waals surface area contributed by atoms with Gasteiger partial charge in [0.1, 0.15) is 11.5 Å². The van der Waals surface area contributed by atoms with Gasteiger partial charge in [-0.05, 0) is 24.6 Å². The number of ether oxygens (including phenoxy) is 2. The smallest absolute Gasteiger partial charge is 0.180 e. The van der Waals surface area contributed by atoms with Crippen molar-refractivity contribution in [3.8, 4) is 11.5 Å². The van der Waals surface area contributed by atoms with Crippen molar-refractivity contribution in [3.05, 3.63) is 23.3 Å². The Kier molecular flexibility index (Phi) is 4.95. The Morgan fingerprint density at radius 2 is 1.84 bits per heavy atom. The molecule has 4 nitrogen and oxygen atoms in total. The van der Waals surface area contributed by atoms with E-state index in [9.17, 15) is 4.79 Å². The molecule has 19 heavy (non-hydrogen) atoms. The zero-order valence-corrected chi connectivity index (χ0v) is 12.6. The van der Waals surface area contributed by atoms with Crippen LogP contribution >= 0.6 is 0 Å². The number of hydrogen-bond donors (Lipinski definition) is 1. The number of hydrogen-bond acceptors (Lipinski definition) is 4. The average molecular weight is 265 g/mol. The number of carbonyl (C=O) groups is 1. The Bertz CT molecular complexity index is 461. The van der Waals surface area contributed by atoms with Gasteiger partial charge in [-0.2, -0.15) is 0 Å². The highest BCUT2D eigenvalue weighted by Crippen LogP contribution is 2.37. The van der Waals surface area contributed by atoms with Crippen LogP contribution in [-0.2, 0) is 5.41 Å². The maximum Gasteiger partial charge on any atom is 0.180 e. The number of ketones is 1. The summed E-state index contributed by atoms with van der Waals surface area (Å²) in [7, 11) is 4.93. The predicted octanol–water partition coefficient (Wildman–Crippen LogP) is 2.40. The Morgan fingerprint density at radius 3 is 2.26 bits per heavy atom. The number of carbonyl (C=O) groups excluding carboxylic acids is 1. The fourth-order valence-corrected chi connectivity index (χ4v) is 1.96. The normalized spacial score (nSPS) is 11.3. The lowest BCUT2D eigenvalue weighted by molar-refractivity contribution is 0.0990. The van der Waals surface area contributed by atoms with Gasteiger partial charge in [0, 0.05) is 5.56 Å². The number of Topliss-reactive ketones (excluding diaryl/α,β-unsaturated/α-hetero) is 1. The summed E-state index contributed by atoms with van der Waals surface area (Å²) in [6.07, 6.45) is 0.